The number of thiocarbonyl (C=S) groups is 1. The number of ether oxygens (including phenoxy) is 1. The Morgan fingerprint density at radius 1 is 1.26 bits per heavy atom. The summed E-state index contributed by atoms with van der Waals surface area (Å²) in [4.78, 5) is 22.2. The van der Waals surface area contributed by atoms with Gasteiger partial charge in [-0.25, -0.2) is 0 Å². The molecule has 0 aliphatic carbocycles. The highest BCUT2D eigenvalue weighted by atomic mass is 32.1. The molecule has 138 valence electrons. The van der Waals surface area contributed by atoms with Gasteiger partial charge >= 0.3 is 0 Å². The van der Waals surface area contributed by atoms with Crippen LogP contribution < -0.4 is 15.4 Å². The van der Waals surface area contributed by atoms with Gasteiger partial charge in [-0.3, -0.25) is 20.2 Å². The minimum Gasteiger partial charge on any atom is -0.489 e. The maximum absolute atomic E-state index is 11.9. The Hall–Kier alpha value is -3.52. The van der Waals surface area contributed by atoms with Crippen LogP contribution in [0.25, 0.3) is 6.08 Å². The molecule has 7 nitrogen and oxygen atoms in total. The van der Waals surface area contributed by atoms with Crippen molar-refractivity contribution in [2.45, 2.75) is 0 Å². The van der Waals surface area contributed by atoms with E-state index in [0.29, 0.717) is 23.6 Å². The fourth-order valence-electron chi connectivity index (χ4n) is 2.05. The number of carbonyl (C=O) groups excluding carboxylic acids is 1. The molecule has 2 aromatic rings. The Morgan fingerprint density at radius 3 is 2.78 bits per heavy atom. The number of nitrogens with one attached hydrogen (secondary N) is 2. The smallest absolute Gasteiger partial charge is 0.270 e. The number of amides is 1. The fraction of sp³-hybridized carbons (Fsp3) is 0.0526. The summed E-state index contributed by atoms with van der Waals surface area (Å²) in [7, 11) is 0. The normalized spacial score (nSPS) is 10.2. The Balaban J connectivity index is 1.92. The third-order valence-corrected chi connectivity index (χ3v) is 3.41. The summed E-state index contributed by atoms with van der Waals surface area (Å²) in [5.74, 6) is 0.178. The van der Waals surface area contributed by atoms with Crippen LogP contribution in [0.15, 0.2) is 67.3 Å². The Bertz CT molecular complexity index is 896. The lowest BCUT2D eigenvalue weighted by Crippen LogP contribution is -2.32. The van der Waals surface area contributed by atoms with Crippen LogP contribution in [-0.2, 0) is 4.79 Å². The number of carbonyl (C=O) groups is 1. The minimum atomic E-state index is -0.497. The van der Waals surface area contributed by atoms with E-state index >= 15 is 0 Å². The second-order valence-electron chi connectivity index (χ2n) is 5.26. The summed E-state index contributed by atoms with van der Waals surface area (Å²) in [6.45, 7) is 3.97. The number of nitrogens with zero attached hydrogens (tertiary/aromatic N) is 1. The van der Waals surface area contributed by atoms with E-state index in [1.165, 1.54) is 24.3 Å². The molecule has 8 heteroatoms. The van der Waals surface area contributed by atoms with E-state index in [9.17, 15) is 14.9 Å². The Kier molecular flexibility index (Phi) is 7.21. The third-order valence-electron chi connectivity index (χ3n) is 3.20. The maximum atomic E-state index is 11.9. The van der Waals surface area contributed by atoms with Gasteiger partial charge in [0.1, 0.15) is 12.4 Å². The molecule has 1 amide bonds. The van der Waals surface area contributed by atoms with Gasteiger partial charge in [0.2, 0.25) is 5.91 Å². The second-order valence-corrected chi connectivity index (χ2v) is 5.66. The van der Waals surface area contributed by atoms with Crippen molar-refractivity contribution in [2.75, 3.05) is 11.9 Å². The van der Waals surface area contributed by atoms with Gasteiger partial charge < -0.3 is 10.1 Å². The lowest BCUT2D eigenvalue weighted by atomic mass is 10.2. The summed E-state index contributed by atoms with van der Waals surface area (Å²) in [5.41, 5.74) is 1.14. The molecule has 27 heavy (non-hydrogen) atoms. The first kappa shape index (κ1) is 19.8. The molecular weight excluding hydrogens is 366 g/mol. The highest BCUT2D eigenvalue weighted by Gasteiger charge is 2.05. The van der Waals surface area contributed by atoms with E-state index in [2.05, 4.69) is 17.2 Å². The fourth-order valence-corrected chi connectivity index (χ4v) is 2.27. The van der Waals surface area contributed by atoms with Gasteiger partial charge in [0.25, 0.3) is 5.69 Å². The van der Waals surface area contributed by atoms with Gasteiger partial charge in [0, 0.05) is 30.0 Å². The van der Waals surface area contributed by atoms with Crippen molar-refractivity contribution in [2.24, 2.45) is 0 Å². The van der Waals surface area contributed by atoms with Gasteiger partial charge in [-0.1, -0.05) is 30.9 Å². The van der Waals surface area contributed by atoms with Crippen LogP contribution in [0.2, 0.25) is 0 Å². The third kappa shape index (κ3) is 6.71. The summed E-state index contributed by atoms with van der Waals surface area (Å²) in [6.07, 6.45) is 4.35. The van der Waals surface area contributed by atoms with Gasteiger partial charge in [0.05, 0.1) is 4.92 Å². The molecular formula is C19H17N3O4S. The molecule has 0 unspecified atom stereocenters. The second kappa shape index (κ2) is 9.83. The molecule has 0 aliphatic heterocycles. The average molecular weight is 383 g/mol. The molecule has 0 saturated heterocycles. The number of rotatable bonds is 7. The molecule has 0 atom stereocenters. The Labute approximate surface area is 161 Å². The first-order valence-corrected chi connectivity index (χ1v) is 8.27. The van der Waals surface area contributed by atoms with Crippen LogP contribution in [-0.4, -0.2) is 22.5 Å². The first-order chi connectivity index (χ1) is 13.0. The molecule has 2 rings (SSSR count). The number of hydrogen-bond donors (Lipinski definition) is 2. The number of nitro groups is 1. The monoisotopic (exact) mass is 383 g/mol. The quantitative estimate of drug-likeness (QED) is 0.249. The van der Waals surface area contributed by atoms with Crippen LogP contribution >= 0.6 is 12.2 Å². The molecule has 0 aromatic heterocycles. The summed E-state index contributed by atoms with van der Waals surface area (Å²) >= 11 is 5.11. The molecule has 0 heterocycles. The topological polar surface area (TPSA) is 93.5 Å². The Morgan fingerprint density at radius 2 is 2.04 bits per heavy atom. The highest BCUT2D eigenvalue weighted by Crippen LogP contribution is 2.17. The zero-order valence-corrected chi connectivity index (χ0v) is 15.1. The number of benzene rings is 2. The van der Waals surface area contributed by atoms with Crippen LogP contribution in [0, 0.1) is 10.1 Å². The number of anilines is 1. The van der Waals surface area contributed by atoms with Crippen molar-refractivity contribution < 1.29 is 14.5 Å². The molecule has 2 aromatic carbocycles. The van der Waals surface area contributed by atoms with Crippen molar-refractivity contribution >= 4 is 40.7 Å². The van der Waals surface area contributed by atoms with Crippen molar-refractivity contribution in [1.29, 1.82) is 0 Å². The van der Waals surface area contributed by atoms with E-state index in [1.807, 2.05) is 0 Å². The summed E-state index contributed by atoms with van der Waals surface area (Å²) in [6, 6.07) is 13.0. The lowest BCUT2D eigenvalue weighted by Gasteiger charge is -2.10. The average Bonchev–Trinajstić information content (AvgIpc) is 2.65. The molecule has 0 bridgehead atoms. The molecule has 0 spiro atoms. The zero-order chi connectivity index (χ0) is 19.6. The highest BCUT2D eigenvalue weighted by molar-refractivity contribution is 7.80. The van der Waals surface area contributed by atoms with Crippen molar-refractivity contribution in [3.63, 3.8) is 0 Å². The van der Waals surface area contributed by atoms with E-state index in [0.717, 1.165) is 0 Å². The molecule has 2 N–H and O–H groups in total. The number of non-ortho nitro benzene ring substituents is 1. The number of hydrogen-bond acceptors (Lipinski definition) is 5. The lowest BCUT2D eigenvalue weighted by molar-refractivity contribution is -0.384. The van der Waals surface area contributed by atoms with Gasteiger partial charge in [-0.15, -0.1) is 0 Å². The van der Waals surface area contributed by atoms with Crippen LogP contribution in [0.3, 0.4) is 0 Å². The van der Waals surface area contributed by atoms with Crippen LogP contribution in [0.1, 0.15) is 5.56 Å². The molecule has 0 fully saturated rings. The van der Waals surface area contributed by atoms with E-state index in [-0.39, 0.29) is 10.8 Å². The van der Waals surface area contributed by atoms with E-state index in [1.54, 1.807) is 42.5 Å². The van der Waals surface area contributed by atoms with Gasteiger partial charge in [-0.05, 0) is 36.0 Å². The van der Waals surface area contributed by atoms with Crippen molar-refractivity contribution in [3.8, 4) is 5.75 Å². The van der Waals surface area contributed by atoms with Crippen LogP contribution in [0.5, 0.6) is 5.75 Å². The standard InChI is InChI=1S/C19H17N3O4S/c1-2-11-26-17-8-4-6-15(13-17)20-19(27)21-18(23)10-9-14-5-3-7-16(12-14)22(24)25/h2-10,12-13H,1,11H2,(H2,20,21,23,27)/b10-9+. The van der Waals surface area contributed by atoms with Gasteiger partial charge in [0.15, 0.2) is 5.11 Å². The summed E-state index contributed by atoms with van der Waals surface area (Å²) in [5, 5.41) is 16.3. The van der Waals surface area contributed by atoms with Crippen molar-refractivity contribution in [3.05, 3.63) is 82.9 Å². The van der Waals surface area contributed by atoms with Gasteiger partial charge in [-0.2, -0.15) is 0 Å². The maximum Gasteiger partial charge on any atom is 0.270 e. The molecule has 0 saturated carbocycles. The van der Waals surface area contributed by atoms with Crippen LogP contribution in [0.4, 0.5) is 11.4 Å². The molecule has 0 aliphatic rings. The van der Waals surface area contributed by atoms with E-state index in [4.69, 9.17) is 17.0 Å². The first-order valence-electron chi connectivity index (χ1n) is 7.86. The zero-order valence-electron chi connectivity index (χ0n) is 14.3. The summed E-state index contributed by atoms with van der Waals surface area (Å²) < 4.78 is 5.42. The predicted octanol–water partition coefficient (Wildman–Crippen LogP) is 3.69. The molecule has 0 radical (unpaired) electrons. The SMILES string of the molecule is C=CCOc1cccc(NC(=S)NC(=O)/C=C/c2cccc([N+](=O)[O-])c2)c1. The minimum absolute atomic E-state index is 0.0479. The van der Waals surface area contributed by atoms with E-state index < -0.39 is 10.8 Å². The van der Waals surface area contributed by atoms with Crippen molar-refractivity contribution in [1.82, 2.24) is 5.32 Å². The predicted molar refractivity (Wildman–Crippen MR) is 109 cm³/mol. The number of nitro benzene ring substituents is 1. The largest absolute Gasteiger partial charge is 0.489 e.